The fraction of sp³-hybridized carbons (Fsp3) is 0.278. The first-order chi connectivity index (χ1) is 10.3. The lowest BCUT2D eigenvalue weighted by Crippen LogP contribution is -2.42. The third-order valence-electron chi connectivity index (χ3n) is 3.67. The summed E-state index contributed by atoms with van der Waals surface area (Å²) >= 11 is 8.17. The number of benzene rings is 2. The van der Waals surface area contributed by atoms with E-state index in [2.05, 4.69) is 40.9 Å². The molecule has 0 aliphatic carbocycles. The summed E-state index contributed by atoms with van der Waals surface area (Å²) in [7, 11) is 0. The summed E-state index contributed by atoms with van der Waals surface area (Å²) in [5.41, 5.74) is 2.53. The second kappa shape index (κ2) is 7.01. The van der Waals surface area contributed by atoms with E-state index in [1.165, 1.54) is 0 Å². The second-order valence-corrected chi connectivity index (χ2v) is 7.61. The minimum absolute atomic E-state index is 0.0411. The number of carbonyl (C=O) groups excluding carboxylic acids is 1. The SMILES string of the molecule is CCC(C)(C)NC(=O)c1cc(I)cc(-c2ccc(Cl)cc2)c1. The fourth-order valence-electron chi connectivity index (χ4n) is 2.00. The maximum Gasteiger partial charge on any atom is 0.251 e. The lowest BCUT2D eigenvalue weighted by Gasteiger charge is -2.24. The van der Waals surface area contributed by atoms with E-state index in [1.54, 1.807) is 0 Å². The smallest absolute Gasteiger partial charge is 0.251 e. The Morgan fingerprint density at radius 2 is 1.77 bits per heavy atom. The number of hydrogen-bond acceptors (Lipinski definition) is 1. The van der Waals surface area contributed by atoms with E-state index in [0.717, 1.165) is 21.1 Å². The van der Waals surface area contributed by atoms with Gasteiger partial charge in [-0.3, -0.25) is 4.79 Å². The predicted molar refractivity (Wildman–Crippen MR) is 101 cm³/mol. The van der Waals surface area contributed by atoms with Crippen molar-refractivity contribution < 1.29 is 4.79 Å². The van der Waals surface area contributed by atoms with E-state index in [0.29, 0.717) is 10.6 Å². The molecule has 0 heterocycles. The van der Waals surface area contributed by atoms with Gasteiger partial charge in [-0.2, -0.15) is 0 Å². The van der Waals surface area contributed by atoms with Crippen LogP contribution in [0, 0.1) is 3.57 Å². The average molecular weight is 428 g/mol. The lowest BCUT2D eigenvalue weighted by molar-refractivity contribution is 0.0911. The number of carbonyl (C=O) groups is 1. The summed E-state index contributed by atoms with van der Waals surface area (Å²) in [4.78, 5) is 12.5. The van der Waals surface area contributed by atoms with Gasteiger partial charge >= 0.3 is 0 Å². The highest BCUT2D eigenvalue weighted by Gasteiger charge is 2.19. The van der Waals surface area contributed by atoms with Crippen LogP contribution in [0.3, 0.4) is 0 Å². The zero-order valence-electron chi connectivity index (χ0n) is 12.9. The molecule has 4 heteroatoms. The Labute approximate surface area is 150 Å². The molecule has 0 bridgehead atoms. The third-order valence-corrected chi connectivity index (χ3v) is 4.55. The summed E-state index contributed by atoms with van der Waals surface area (Å²) in [5.74, 6) is -0.0411. The zero-order valence-corrected chi connectivity index (χ0v) is 15.8. The van der Waals surface area contributed by atoms with E-state index in [-0.39, 0.29) is 11.4 Å². The molecule has 116 valence electrons. The van der Waals surface area contributed by atoms with Crippen LogP contribution in [-0.4, -0.2) is 11.4 Å². The Morgan fingerprint density at radius 1 is 1.14 bits per heavy atom. The van der Waals surface area contributed by atoms with Gasteiger partial charge in [-0.1, -0.05) is 30.7 Å². The van der Waals surface area contributed by atoms with Crippen LogP contribution < -0.4 is 5.32 Å². The molecule has 0 saturated heterocycles. The number of halogens is 2. The van der Waals surface area contributed by atoms with Crippen LogP contribution in [0.2, 0.25) is 5.02 Å². The van der Waals surface area contributed by atoms with Crippen molar-refractivity contribution in [1.82, 2.24) is 5.32 Å². The van der Waals surface area contributed by atoms with E-state index < -0.39 is 0 Å². The summed E-state index contributed by atoms with van der Waals surface area (Å²) in [5, 5.41) is 3.78. The maximum atomic E-state index is 12.5. The second-order valence-electron chi connectivity index (χ2n) is 5.93. The van der Waals surface area contributed by atoms with E-state index in [9.17, 15) is 4.79 Å². The minimum Gasteiger partial charge on any atom is -0.347 e. The molecular weight excluding hydrogens is 409 g/mol. The Balaban J connectivity index is 2.34. The molecule has 0 aliphatic heterocycles. The molecule has 2 rings (SSSR count). The van der Waals surface area contributed by atoms with Crippen molar-refractivity contribution in [2.75, 3.05) is 0 Å². The van der Waals surface area contributed by atoms with Crippen molar-refractivity contribution in [3.8, 4) is 11.1 Å². The van der Waals surface area contributed by atoms with E-state index >= 15 is 0 Å². The third kappa shape index (κ3) is 4.46. The van der Waals surface area contributed by atoms with Gasteiger partial charge in [0.25, 0.3) is 5.91 Å². The predicted octanol–water partition coefficient (Wildman–Crippen LogP) is 5.53. The van der Waals surface area contributed by atoms with Crippen molar-refractivity contribution in [1.29, 1.82) is 0 Å². The Bertz CT molecular complexity index is 680. The molecule has 0 atom stereocenters. The highest BCUT2D eigenvalue weighted by atomic mass is 127. The summed E-state index contributed by atoms with van der Waals surface area (Å²) in [6.45, 7) is 6.12. The molecule has 0 spiro atoms. The van der Waals surface area contributed by atoms with Crippen LogP contribution in [0.1, 0.15) is 37.6 Å². The molecule has 1 amide bonds. The molecule has 0 unspecified atom stereocenters. The van der Waals surface area contributed by atoms with E-state index in [1.807, 2.05) is 50.2 Å². The summed E-state index contributed by atoms with van der Waals surface area (Å²) in [6, 6.07) is 13.5. The van der Waals surface area contributed by atoms with Gasteiger partial charge in [0.1, 0.15) is 0 Å². The standard InChI is InChI=1S/C18H19ClINO/c1-4-18(2,3)21-17(22)14-9-13(10-16(20)11-14)12-5-7-15(19)8-6-12/h5-11H,4H2,1-3H3,(H,21,22). The molecule has 0 radical (unpaired) electrons. The van der Waals surface area contributed by atoms with Crippen LogP contribution >= 0.6 is 34.2 Å². The van der Waals surface area contributed by atoms with Gasteiger partial charge in [0.05, 0.1) is 0 Å². The van der Waals surface area contributed by atoms with Crippen LogP contribution in [0.25, 0.3) is 11.1 Å². The minimum atomic E-state index is -0.210. The molecule has 2 aromatic carbocycles. The van der Waals surface area contributed by atoms with Crippen molar-refractivity contribution in [3.05, 3.63) is 56.6 Å². The molecule has 0 saturated carbocycles. The molecule has 0 aromatic heterocycles. The first-order valence-corrected chi connectivity index (χ1v) is 8.65. The van der Waals surface area contributed by atoms with Crippen molar-refractivity contribution >= 4 is 40.1 Å². The molecule has 0 aliphatic rings. The van der Waals surface area contributed by atoms with Crippen LogP contribution in [0.5, 0.6) is 0 Å². The lowest BCUT2D eigenvalue weighted by atomic mass is 9.99. The zero-order chi connectivity index (χ0) is 16.3. The summed E-state index contributed by atoms with van der Waals surface area (Å²) in [6.07, 6.45) is 0.882. The van der Waals surface area contributed by atoms with Crippen LogP contribution in [0.4, 0.5) is 0 Å². The molecular formula is C18H19ClINO. The first-order valence-electron chi connectivity index (χ1n) is 7.20. The topological polar surface area (TPSA) is 29.1 Å². The van der Waals surface area contributed by atoms with Crippen LogP contribution in [0.15, 0.2) is 42.5 Å². The van der Waals surface area contributed by atoms with Crippen molar-refractivity contribution in [2.45, 2.75) is 32.7 Å². The van der Waals surface area contributed by atoms with Crippen LogP contribution in [-0.2, 0) is 0 Å². The number of amides is 1. The number of hydrogen-bond donors (Lipinski definition) is 1. The highest BCUT2D eigenvalue weighted by Crippen LogP contribution is 2.25. The molecule has 0 fully saturated rings. The first kappa shape index (κ1) is 17.3. The maximum absolute atomic E-state index is 12.5. The van der Waals surface area contributed by atoms with Gasteiger partial charge in [0, 0.05) is 19.7 Å². The van der Waals surface area contributed by atoms with Gasteiger partial charge in [0.2, 0.25) is 0 Å². The van der Waals surface area contributed by atoms with Gasteiger partial charge in [-0.25, -0.2) is 0 Å². The number of nitrogens with one attached hydrogen (secondary N) is 1. The average Bonchev–Trinajstić information content (AvgIpc) is 2.47. The molecule has 2 aromatic rings. The monoisotopic (exact) mass is 427 g/mol. The number of rotatable bonds is 4. The highest BCUT2D eigenvalue weighted by molar-refractivity contribution is 14.1. The Kier molecular flexibility index (Phi) is 5.50. The summed E-state index contributed by atoms with van der Waals surface area (Å²) < 4.78 is 1.03. The normalized spacial score (nSPS) is 11.3. The van der Waals surface area contributed by atoms with Crippen molar-refractivity contribution in [2.24, 2.45) is 0 Å². The molecule has 1 N–H and O–H groups in total. The van der Waals surface area contributed by atoms with Crippen molar-refractivity contribution in [3.63, 3.8) is 0 Å². The van der Waals surface area contributed by atoms with Gasteiger partial charge in [-0.05, 0) is 84.3 Å². The van der Waals surface area contributed by atoms with Gasteiger partial charge in [-0.15, -0.1) is 0 Å². The largest absolute Gasteiger partial charge is 0.347 e. The molecule has 2 nitrogen and oxygen atoms in total. The van der Waals surface area contributed by atoms with Gasteiger partial charge in [0.15, 0.2) is 0 Å². The molecule has 22 heavy (non-hydrogen) atoms. The quantitative estimate of drug-likeness (QED) is 0.639. The van der Waals surface area contributed by atoms with Gasteiger partial charge < -0.3 is 5.32 Å². The Hall–Kier alpha value is -1.07. The Morgan fingerprint density at radius 3 is 2.36 bits per heavy atom. The fourth-order valence-corrected chi connectivity index (χ4v) is 2.79. The van der Waals surface area contributed by atoms with E-state index in [4.69, 9.17) is 11.6 Å².